The predicted molar refractivity (Wildman–Crippen MR) is 66.6 cm³/mol. The molecule has 1 atom stereocenters. The summed E-state index contributed by atoms with van der Waals surface area (Å²) in [5, 5.41) is 0. The van der Waals surface area contributed by atoms with Crippen molar-refractivity contribution in [3.05, 3.63) is 30.1 Å². The van der Waals surface area contributed by atoms with Crippen LogP contribution in [-0.4, -0.2) is 22.3 Å². The van der Waals surface area contributed by atoms with Gasteiger partial charge in [-0.25, -0.2) is 4.98 Å². The number of rotatable bonds is 3. The number of ether oxygens (including phenoxy) is 1. The molecule has 1 fully saturated rings. The SMILES string of the molecule is NCc1ccc2c(c1)ncn2CC1CCCO1. The van der Waals surface area contributed by atoms with Crippen molar-refractivity contribution in [1.29, 1.82) is 0 Å². The van der Waals surface area contributed by atoms with Gasteiger partial charge in [-0.3, -0.25) is 0 Å². The van der Waals surface area contributed by atoms with Gasteiger partial charge in [0.2, 0.25) is 0 Å². The van der Waals surface area contributed by atoms with Gasteiger partial charge in [-0.15, -0.1) is 0 Å². The molecule has 0 amide bonds. The second kappa shape index (κ2) is 4.47. The van der Waals surface area contributed by atoms with Gasteiger partial charge >= 0.3 is 0 Å². The maximum atomic E-state index is 5.65. The number of nitrogens with zero attached hydrogens (tertiary/aromatic N) is 2. The van der Waals surface area contributed by atoms with Crippen molar-refractivity contribution in [2.45, 2.75) is 32.0 Å². The highest BCUT2D eigenvalue weighted by Crippen LogP contribution is 2.19. The van der Waals surface area contributed by atoms with Gasteiger partial charge in [0.05, 0.1) is 30.0 Å². The summed E-state index contributed by atoms with van der Waals surface area (Å²) in [6, 6.07) is 6.22. The van der Waals surface area contributed by atoms with Gasteiger partial charge in [0, 0.05) is 13.2 Å². The number of hydrogen-bond acceptors (Lipinski definition) is 3. The first-order chi connectivity index (χ1) is 8.36. The summed E-state index contributed by atoms with van der Waals surface area (Å²) in [6.07, 6.45) is 4.57. The van der Waals surface area contributed by atoms with E-state index in [-0.39, 0.29) is 0 Å². The van der Waals surface area contributed by atoms with Crippen molar-refractivity contribution in [2.75, 3.05) is 6.61 Å². The van der Waals surface area contributed by atoms with Crippen LogP contribution in [0.1, 0.15) is 18.4 Å². The molecule has 1 aromatic heterocycles. The summed E-state index contributed by atoms with van der Waals surface area (Å²) >= 11 is 0. The lowest BCUT2D eigenvalue weighted by atomic mass is 10.2. The van der Waals surface area contributed by atoms with Gasteiger partial charge < -0.3 is 15.0 Å². The maximum Gasteiger partial charge on any atom is 0.0959 e. The maximum absolute atomic E-state index is 5.65. The second-order valence-electron chi connectivity index (χ2n) is 4.56. The van der Waals surface area contributed by atoms with E-state index in [4.69, 9.17) is 10.5 Å². The summed E-state index contributed by atoms with van der Waals surface area (Å²) in [5.74, 6) is 0. The number of benzene rings is 1. The predicted octanol–water partition coefficient (Wildman–Crippen LogP) is 1.67. The minimum atomic E-state index is 0.349. The quantitative estimate of drug-likeness (QED) is 0.874. The van der Waals surface area contributed by atoms with Crippen molar-refractivity contribution >= 4 is 11.0 Å². The highest BCUT2D eigenvalue weighted by Gasteiger charge is 2.16. The van der Waals surface area contributed by atoms with Crippen LogP contribution in [0.2, 0.25) is 0 Å². The van der Waals surface area contributed by atoms with Gasteiger partial charge in [-0.2, -0.15) is 0 Å². The van der Waals surface area contributed by atoms with Crippen LogP contribution in [0.25, 0.3) is 11.0 Å². The monoisotopic (exact) mass is 231 g/mol. The molecule has 1 aromatic carbocycles. The van der Waals surface area contributed by atoms with Gasteiger partial charge in [0.1, 0.15) is 0 Å². The third kappa shape index (κ3) is 2.06. The molecular formula is C13H17N3O. The third-order valence-corrected chi connectivity index (χ3v) is 3.35. The lowest BCUT2D eigenvalue weighted by molar-refractivity contribution is 0.0979. The fraction of sp³-hybridized carbons (Fsp3) is 0.462. The zero-order chi connectivity index (χ0) is 11.7. The molecule has 17 heavy (non-hydrogen) atoms. The Morgan fingerprint density at radius 3 is 3.18 bits per heavy atom. The van der Waals surface area contributed by atoms with E-state index in [0.717, 1.165) is 36.2 Å². The molecule has 4 nitrogen and oxygen atoms in total. The molecule has 0 saturated carbocycles. The molecule has 2 aromatic rings. The van der Waals surface area contributed by atoms with Crippen LogP contribution in [0.4, 0.5) is 0 Å². The normalized spacial score (nSPS) is 20.2. The first-order valence-corrected chi connectivity index (χ1v) is 6.12. The van der Waals surface area contributed by atoms with Crippen molar-refractivity contribution in [2.24, 2.45) is 5.73 Å². The zero-order valence-corrected chi connectivity index (χ0v) is 9.80. The molecule has 1 unspecified atom stereocenters. The van der Waals surface area contributed by atoms with E-state index in [2.05, 4.69) is 27.8 Å². The lowest BCUT2D eigenvalue weighted by Crippen LogP contribution is -2.14. The topological polar surface area (TPSA) is 53.1 Å². The van der Waals surface area contributed by atoms with Gasteiger partial charge in [0.25, 0.3) is 0 Å². The summed E-state index contributed by atoms with van der Waals surface area (Å²) < 4.78 is 7.82. The van der Waals surface area contributed by atoms with Crippen LogP contribution >= 0.6 is 0 Å². The Balaban J connectivity index is 1.89. The van der Waals surface area contributed by atoms with Gasteiger partial charge in [-0.05, 0) is 30.5 Å². The molecule has 2 heterocycles. The lowest BCUT2D eigenvalue weighted by Gasteiger charge is -2.10. The van der Waals surface area contributed by atoms with E-state index in [1.54, 1.807) is 0 Å². The number of nitrogens with two attached hydrogens (primary N) is 1. The van der Waals surface area contributed by atoms with E-state index in [1.165, 1.54) is 6.42 Å². The average Bonchev–Trinajstić information content (AvgIpc) is 2.99. The first-order valence-electron chi connectivity index (χ1n) is 6.12. The molecule has 2 N–H and O–H groups in total. The molecular weight excluding hydrogens is 214 g/mol. The smallest absolute Gasteiger partial charge is 0.0959 e. The highest BCUT2D eigenvalue weighted by atomic mass is 16.5. The largest absolute Gasteiger partial charge is 0.376 e. The van der Waals surface area contributed by atoms with Gasteiger partial charge in [-0.1, -0.05) is 6.07 Å². The molecule has 0 bridgehead atoms. The van der Waals surface area contributed by atoms with Crippen LogP contribution in [0.5, 0.6) is 0 Å². The summed E-state index contributed by atoms with van der Waals surface area (Å²) in [4.78, 5) is 4.42. The summed E-state index contributed by atoms with van der Waals surface area (Å²) in [5.41, 5.74) is 8.93. The average molecular weight is 231 g/mol. The van der Waals surface area contributed by atoms with E-state index in [9.17, 15) is 0 Å². The van der Waals surface area contributed by atoms with E-state index in [1.807, 2.05) is 6.33 Å². The fourth-order valence-electron chi connectivity index (χ4n) is 2.39. The third-order valence-electron chi connectivity index (χ3n) is 3.35. The van der Waals surface area contributed by atoms with Crippen LogP contribution in [0.15, 0.2) is 24.5 Å². The molecule has 0 spiro atoms. The number of hydrogen-bond donors (Lipinski definition) is 1. The van der Waals surface area contributed by atoms with Crippen molar-refractivity contribution in [3.8, 4) is 0 Å². The zero-order valence-electron chi connectivity index (χ0n) is 9.80. The molecule has 90 valence electrons. The number of imidazole rings is 1. The Morgan fingerprint density at radius 2 is 2.41 bits per heavy atom. The Bertz CT molecular complexity index is 514. The minimum absolute atomic E-state index is 0.349. The molecule has 1 saturated heterocycles. The molecule has 1 aliphatic heterocycles. The van der Waals surface area contributed by atoms with E-state index in [0.29, 0.717) is 12.6 Å². The Hall–Kier alpha value is -1.39. The van der Waals surface area contributed by atoms with Gasteiger partial charge in [0.15, 0.2) is 0 Å². The summed E-state index contributed by atoms with van der Waals surface area (Å²) in [7, 11) is 0. The van der Waals surface area contributed by atoms with Crippen LogP contribution in [0.3, 0.4) is 0 Å². The first kappa shape index (κ1) is 10.7. The molecule has 0 aliphatic carbocycles. The molecule has 4 heteroatoms. The van der Waals surface area contributed by atoms with Crippen molar-refractivity contribution < 1.29 is 4.74 Å². The molecule has 3 rings (SSSR count). The van der Waals surface area contributed by atoms with E-state index < -0.39 is 0 Å². The van der Waals surface area contributed by atoms with Crippen LogP contribution < -0.4 is 5.73 Å². The summed E-state index contributed by atoms with van der Waals surface area (Å²) in [6.45, 7) is 2.36. The molecule has 1 aliphatic rings. The van der Waals surface area contributed by atoms with E-state index >= 15 is 0 Å². The Labute approximate surface area is 100 Å². The molecule has 0 radical (unpaired) electrons. The number of fused-ring (bicyclic) bond motifs is 1. The fourth-order valence-corrected chi connectivity index (χ4v) is 2.39. The van der Waals surface area contributed by atoms with Crippen LogP contribution in [-0.2, 0) is 17.8 Å². The minimum Gasteiger partial charge on any atom is -0.376 e. The second-order valence-corrected chi connectivity index (χ2v) is 4.56. The van der Waals surface area contributed by atoms with Crippen molar-refractivity contribution in [3.63, 3.8) is 0 Å². The highest BCUT2D eigenvalue weighted by molar-refractivity contribution is 5.76. The Morgan fingerprint density at radius 1 is 1.47 bits per heavy atom. The Kier molecular flexibility index (Phi) is 2.82. The standard InChI is InChI=1S/C13H17N3O/c14-7-10-3-4-13-12(6-10)15-9-16(13)8-11-2-1-5-17-11/h3-4,6,9,11H,1-2,5,7-8,14H2. The van der Waals surface area contributed by atoms with Crippen molar-refractivity contribution in [1.82, 2.24) is 9.55 Å². The van der Waals surface area contributed by atoms with Crippen LogP contribution in [0, 0.1) is 0 Å². The number of aromatic nitrogens is 2.